The zero-order valence-corrected chi connectivity index (χ0v) is 10.5. The molecule has 98 valence electrons. The molecular formula is C12H20O5. The maximum absolute atomic E-state index is 11.4. The summed E-state index contributed by atoms with van der Waals surface area (Å²) in [4.78, 5) is 22.1. The van der Waals surface area contributed by atoms with E-state index in [1.807, 2.05) is 0 Å². The standard InChI is InChI=1S/C12H20O5/c1-7(13)4-5-12(15)17-9(3)11-6-10(14)8(2)16-11/h8-11,14H,4-6H2,1-3H3. The Kier molecular flexibility index (Phi) is 5.08. The van der Waals surface area contributed by atoms with Crippen molar-refractivity contribution in [2.75, 3.05) is 0 Å². The van der Waals surface area contributed by atoms with Crippen LogP contribution in [0.2, 0.25) is 0 Å². The maximum Gasteiger partial charge on any atom is 0.306 e. The van der Waals surface area contributed by atoms with Crippen LogP contribution >= 0.6 is 0 Å². The second kappa shape index (κ2) is 6.12. The second-order valence-electron chi connectivity index (χ2n) is 4.58. The molecule has 1 aliphatic heterocycles. The van der Waals surface area contributed by atoms with Gasteiger partial charge in [-0.2, -0.15) is 0 Å². The molecule has 1 saturated heterocycles. The summed E-state index contributed by atoms with van der Waals surface area (Å²) in [6.45, 7) is 4.96. The highest BCUT2D eigenvalue weighted by Crippen LogP contribution is 2.24. The van der Waals surface area contributed by atoms with E-state index in [0.717, 1.165) is 0 Å². The minimum absolute atomic E-state index is 0.0317. The van der Waals surface area contributed by atoms with Gasteiger partial charge in [0.25, 0.3) is 0 Å². The van der Waals surface area contributed by atoms with Crippen LogP contribution in [0.15, 0.2) is 0 Å². The van der Waals surface area contributed by atoms with Crippen molar-refractivity contribution in [2.24, 2.45) is 0 Å². The Morgan fingerprint density at radius 2 is 2.12 bits per heavy atom. The van der Waals surface area contributed by atoms with E-state index in [-0.39, 0.29) is 30.8 Å². The van der Waals surface area contributed by atoms with Crippen LogP contribution in [-0.4, -0.2) is 41.3 Å². The summed E-state index contributed by atoms with van der Waals surface area (Å²) in [5.41, 5.74) is 0. The molecule has 0 aliphatic carbocycles. The van der Waals surface area contributed by atoms with Crippen molar-refractivity contribution in [1.82, 2.24) is 0 Å². The Labute approximate surface area is 101 Å². The zero-order valence-electron chi connectivity index (χ0n) is 10.5. The lowest BCUT2D eigenvalue weighted by molar-refractivity contribution is -0.156. The number of rotatable bonds is 5. The van der Waals surface area contributed by atoms with Gasteiger partial charge in [-0.1, -0.05) is 0 Å². The first kappa shape index (κ1) is 14.1. The fourth-order valence-corrected chi connectivity index (χ4v) is 1.77. The monoisotopic (exact) mass is 244 g/mol. The summed E-state index contributed by atoms with van der Waals surface area (Å²) in [5, 5.41) is 9.52. The van der Waals surface area contributed by atoms with Gasteiger partial charge in [0.15, 0.2) is 0 Å². The van der Waals surface area contributed by atoms with Crippen molar-refractivity contribution < 1.29 is 24.2 Å². The molecule has 4 atom stereocenters. The highest BCUT2D eigenvalue weighted by Gasteiger charge is 2.35. The number of ketones is 1. The summed E-state index contributed by atoms with van der Waals surface area (Å²) in [6.07, 6.45) is -0.602. The van der Waals surface area contributed by atoms with Crippen molar-refractivity contribution in [3.05, 3.63) is 0 Å². The molecule has 4 unspecified atom stereocenters. The first-order chi connectivity index (χ1) is 7.90. The summed E-state index contributed by atoms with van der Waals surface area (Å²) in [5.74, 6) is -0.430. The summed E-state index contributed by atoms with van der Waals surface area (Å²) in [6, 6.07) is 0. The molecule has 0 radical (unpaired) electrons. The van der Waals surface area contributed by atoms with E-state index < -0.39 is 18.2 Å². The smallest absolute Gasteiger partial charge is 0.306 e. The number of esters is 1. The lowest BCUT2D eigenvalue weighted by Crippen LogP contribution is -2.28. The minimum atomic E-state index is -0.502. The average molecular weight is 244 g/mol. The molecule has 1 fully saturated rings. The van der Waals surface area contributed by atoms with Crippen LogP contribution in [0.4, 0.5) is 0 Å². The molecule has 17 heavy (non-hydrogen) atoms. The lowest BCUT2D eigenvalue weighted by Gasteiger charge is -2.19. The van der Waals surface area contributed by atoms with Gasteiger partial charge in [-0.25, -0.2) is 0 Å². The molecule has 0 aromatic carbocycles. The number of hydrogen-bond acceptors (Lipinski definition) is 5. The normalized spacial score (nSPS) is 30.0. The predicted octanol–water partition coefficient (Wildman–Crippen LogP) is 0.826. The molecule has 5 heteroatoms. The van der Waals surface area contributed by atoms with Gasteiger partial charge >= 0.3 is 5.97 Å². The minimum Gasteiger partial charge on any atom is -0.460 e. The van der Waals surface area contributed by atoms with Crippen LogP contribution in [0.3, 0.4) is 0 Å². The Hall–Kier alpha value is -0.940. The Bertz CT molecular complexity index is 279. The molecule has 0 spiro atoms. The third-order valence-corrected chi connectivity index (χ3v) is 2.93. The Morgan fingerprint density at radius 3 is 2.59 bits per heavy atom. The van der Waals surface area contributed by atoms with E-state index in [9.17, 15) is 14.7 Å². The molecule has 0 bridgehead atoms. The third kappa shape index (κ3) is 4.44. The highest BCUT2D eigenvalue weighted by molar-refractivity contribution is 5.81. The van der Waals surface area contributed by atoms with Crippen LogP contribution < -0.4 is 0 Å². The highest BCUT2D eigenvalue weighted by atomic mass is 16.6. The van der Waals surface area contributed by atoms with Gasteiger partial charge in [-0.15, -0.1) is 0 Å². The molecule has 1 heterocycles. The van der Waals surface area contributed by atoms with E-state index >= 15 is 0 Å². The number of hydrogen-bond donors (Lipinski definition) is 1. The van der Waals surface area contributed by atoms with Crippen LogP contribution in [0.25, 0.3) is 0 Å². The van der Waals surface area contributed by atoms with Gasteiger partial charge in [-0.3, -0.25) is 4.79 Å². The number of ether oxygens (including phenoxy) is 2. The summed E-state index contributed by atoms with van der Waals surface area (Å²) < 4.78 is 10.6. The molecule has 1 rings (SSSR count). The van der Waals surface area contributed by atoms with Gasteiger partial charge in [0.1, 0.15) is 11.9 Å². The number of aliphatic hydroxyl groups excluding tert-OH is 1. The molecule has 1 N–H and O–H groups in total. The predicted molar refractivity (Wildman–Crippen MR) is 60.4 cm³/mol. The average Bonchev–Trinajstić information content (AvgIpc) is 2.56. The Balaban J connectivity index is 2.31. The van der Waals surface area contributed by atoms with E-state index in [2.05, 4.69) is 0 Å². The van der Waals surface area contributed by atoms with Crippen molar-refractivity contribution in [1.29, 1.82) is 0 Å². The number of aliphatic hydroxyl groups is 1. The number of carbonyl (C=O) groups excluding carboxylic acids is 2. The molecule has 0 aromatic heterocycles. The number of carbonyl (C=O) groups is 2. The second-order valence-corrected chi connectivity index (χ2v) is 4.58. The SMILES string of the molecule is CC(=O)CCC(=O)OC(C)C1CC(O)C(C)O1. The van der Waals surface area contributed by atoms with Crippen molar-refractivity contribution in [3.63, 3.8) is 0 Å². The van der Waals surface area contributed by atoms with Gasteiger partial charge < -0.3 is 19.4 Å². The quantitative estimate of drug-likeness (QED) is 0.725. The van der Waals surface area contributed by atoms with E-state index in [0.29, 0.717) is 6.42 Å². The fourth-order valence-electron chi connectivity index (χ4n) is 1.77. The Morgan fingerprint density at radius 1 is 1.47 bits per heavy atom. The lowest BCUT2D eigenvalue weighted by atomic mass is 10.1. The van der Waals surface area contributed by atoms with Crippen molar-refractivity contribution >= 4 is 11.8 Å². The van der Waals surface area contributed by atoms with Crippen molar-refractivity contribution in [2.45, 2.75) is 64.4 Å². The van der Waals surface area contributed by atoms with Crippen LogP contribution in [-0.2, 0) is 19.1 Å². The van der Waals surface area contributed by atoms with E-state index in [1.165, 1.54) is 6.92 Å². The van der Waals surface area contributed by atoms with Gasteiger partial charge in [0, 0.05) is 12.8 Å². The molecule has 0 amide bonds. The summed E-state index contributed by atoms with van der Waals surface area (Å²) >= 11 is 0. The molecule has 1 aliphatic rings. The van der Waals surface area contributed by atoms with E-state index in [4.69, 9.17) is 9.47 Å². The zero-order chi connectivity index (χ0) is 13.0. The van der Waals surface area contributed by atoms with Crippen LogP contribution in [0.1, 0.15) is 40.0 Å². The molecule has 5 nitrogen and oxygen atoms in total. The number of Topliss-reactive ketones (excluding diaryl/α,β-unsaturated/α-hetero) is 1. The van der Waals surface area contributed by atoms with Gasteiger partial charge in [0.2, 0.25) is 0 Å². The molecule has 0 saturated carbocycles. The first-order valence-electron chi connectivity index (χ1n) is 5.92. The van der Waals surface area contributed by atoms with E-state index in [1.54, 1.807) is 13.8 Å². The topological polar surface area (TPSA) is 72.8 Å². The van der Waals surface area contributed by atoms with Gasteiger partial charge in [-0.05, 0) is 20.8 Å². The van der Waals surface area contributed by atoms with Crippen LogP contribution in [0, 0.1) is 0 Å². The first-order valence-corrected chi connectivity index (χ1v) is 5.92. The largest absolute Gasteiger partial charge is 0.460 e. The fraction of sp³-hybridized carbons (Fsp3) is 0.833. The molecular weight excluding hydrogens is 224 g/mol. The van der Waals surface area contributed by atoms with Crippen LogP contribution in [0.5, 0.6) is 0 Å². The molecule has 0 aromatic rings. The van der Waals surface area contributed by atoms with Gasteiger partial charge in [0.05, 0.1) is 24.7 Å². The third-order valence-electron chi connectivity index (χ3n) is 2.93. The summed E-state index contributed by atoms with van der Waals surface area (Å²) in [7, 11) is 0. The maximum atomic E-state index is 11.4. The van der Waals surface area contributed by atoms with Crippen molar-refractivity contribution in [3.8, 4) is 0 Å².